The van der Waals surface area contributed by atoms with Crippen molar-refractivity contribution in [1.82, 2.24) is 0 Å². The van der Waals surface area contributed by atoms with Crippen molar-refractivity contribution in [3.63, 3.8) is 0 Å². The Hall–Kier alpha value is -0.900. The van der Waals surface area contributed by atoms with Crippen LogP contribution in [0, 0.1) is 0 Å². The van der Waals surface area contributed by atoms with E-state index in [0.717, 1.165) is 31.4 Å². The van der Waals surface area contributed by atoms with Crippen molar-refractivity contribution in [2.45, 2.75) is 31.7 Å². The summed E-state index contributed by atoms with van der Waals surface area (Å²) in [6, 6.07) is 9.55. The second-order valence-corrected chi connectivity index (χ2v) is 4.06. The van der Waals surface area contributed by atoms with Crippen LogP contribution in [0.3, 0.4) is 0 Å². The molecule has 0 aromatic heterocycles. The minimum Gasteiger partial charge on any atom is -0.386 e. The molecule has 1 aromatic rings. The van der Waals surface area contributed by atoms with E-state index >= 15 is 0 Å². The molecule has 0 bridgehead atoms. The predicted octanol–water partition coefficient (Wildman–Crippen LogP) is 2.26. The van der Waals surface area contributed by atoms with Gasteiger partial charge in [0, 0.05) is 6.61 Å². The van der Waals surface area contributed by atoms with E-state index in [-0.39, 0.29) is 6.29 Å². The summed E-state index contributed by atoms with van der Waals surface area (Å²) < 4.78 is 11.0. The molecule has 3 nitrogen and oxygen atoms in total. The van der Waals surface area contributed by atoms with Crippen molar-refractivity contribution in [3.8, 4) is 0 Å². The molecule has 1 N–H and O–H groups in total. The number of hydrogen-bond acceptors (Lipinski definition) is 3. The SMILES string of the molecule is OC(COC1CCCCO1)c1ccccc1. The van der Waals surface area contributed by atoms with Crippen LogP contribution in [0.1, 0.15) is 30.9 Å². The fraction of sp³-hybridized carbons (Fsp3) is 0.538. The molecule has 2 atom stereocenters. The van der Waals surface area contributed by atoms with Gasteiger partial charge >= 0.3 is 0 Å². The highest BCUT2D eigenvalue weighted by Gasteiger charge is 2.16. The molecule has 1 aliphatic heterocycles. The molecule has 1 aliphatic rings. The van der Waals surface area contributed by atoms with Gasteiger partial charge in [0.15, 0.2) is 6.29 Å². The third-order valence-corrected chi connectivity index (χ3v) is 2.76. The van der Waals surface area contributed by atoms with Gasteiger partial charge in [-0.15, -0.1) is 0 Å². The first kappa shape index (κ1) is 11.6. The first-order valence-electron chi connectivity index (χ1n) is 5.82. The minimum absolute atomic E-state index is 0.132. The van der Waals surface area contributed by atoms with Gasteiger partial charge < -0.3 is 14.6 Å². The van der Waals surface area contributed by atoms with Gasteiger partial charge in [0.2, 0.25) is 0 Å². The van der Waals surface area contributed by atoms with E-state index in [2.05, 4.69) is 0 Å². The Morgan fingerprint density at radius 1 is 1.31 bits per heavy atom. The summed E-state index contributed by atoms with van der Waals surface area (Å²) in [6.07, 6.45) is 2.49. The van der Waals surface area contributed by atoms with Crippen LogP contribution in [-0.4, -0.2) is 24.6 Å². The second-order valence-electron chi connectivity index (χ2n) is 4.06. The van der Waals surface area contributed by atoms with Crippen LogP contribution in [0.5, 0.6) is 0 Å². The fourth-order valence-corrected chi connectivity index (χ4v) is 1.81. The summed E-state index contributed by atoms with van der Waals surface area (Å²) in [5.41, 5.74) is 0.887. The van der Waals surface area contributed by atoms with E-state index in [1.54, 1.807) is 0 Å². The zero-order valence-electron chi connectivity index (χ0n) is 9.34. The highest BCUT2D eigenvalue weighted by atomic mass is 16.7. The van der Waals surface area contributed by atoms with Gasteiger partial charge in [-0.1, -0.05) is 30.3 Å². The molecule has 1 saturated heterocycles. The average Bonchev–Trinajstić information content (AvgIpc) is 2.38. The molecule has 1 heterocycles. The second kappa shape index (κ2) is 5.99. The van der Waals surface area contributed by atoms with E-state index in [0.29, 0.717) is 6.61 Å². The van der Waals surface area contributed by atoms with Gasteiger partial charge in [-0.25, -0.2) is 0 Å². The Morgan fingerprint density at radius 3 is 2.81 bits per heavy atom. The number of aliphatic hydroxyl groups is 1. The van der Waals surface area contributed by atoms with Crippen molar-refractivity contribution in [2.75, 3.05) is 13.2 Å². The van der Waals surface area contributed by atoms with Crippen molar-refractivity contribution in [3.05, 3.63) is 35.9 Å². The van der Waals surface area contributed by atoms with Crippen molar-refractivity contribution in [1.29, 1.82) is 0 Å². The lowest BCUT2D eigenvalue weighted by molar-refractivity contribution is -0.175. The predicted molar refractivity (Wildman–Crippen MR) is 60.9 cm³/mol. The van der Waals surface area contributed by atoms with Crippen LogP contribution in [0.25, 0.3) is 0 Å². The average molecular weight is 222 g/mol. The lowest BCUT2D eigenvalue weighted by atomic mass is 10.1. The first-order valence-corrected chi connectivity index (χ1v) is 5.82. The van der Waals surface area contributed by atoms with Crippen LogP contribution in [0.4, 0.5) is 0 Å². The zero-order chi connectivity index (χ0) is 11.2. The maximum Gasteiger partial charge on any atom is 0.157 e. The number of ether oxygens (including phenoxy) is 2. The van der Waals surface area contributed by atoms with Gasteiger partial charge in [-0.2, -0.15) is 0 Å². The Kier molecular flexibility index (Phi) is 4.34. The molecule has 3 heteroatoms. The van der Waals surface area contributed by atoms with E-state index in [9.17, 15) is 5.11 Å². The van der Waals surface area contributed by atoms with Crippen LogP contribution in [-0.2, 0) is 9.47 Å². The van der Waals surface area contributed by atoms with E-state index < -0.39 is 6.10 Å². The van der Waals surface area contributed by atoms with Crippen LogP contribution in [0.15, 0.2) is 30.3 Å². The molecule has 0 spiro atoms. The lowest BCUT2D eigenvalue weighted by Gasteiger charge is -2.24. The number of aliphatic hydroxyl groups excluding tert-OH is 1. The monoisotopic (exact) mass is 222 g/mol. The van der Waals surface area contributed by atoms with Gasteiger partial charge in [0.25, 0.3) is 0 Å². The Labute approximate surface area is 96.0 Å². The quantitative estimate of drug-likeness (QED) is 0.849. The minimum atomic E-state index is -0.563. The normalized spacial score (nSPS) is 22.9. The van der Waals surface area contributed by atoms with Crippen LogP contribution >= 0.6 is 0 Å². The molecule has 1 aromatic carbocycles. The molecule has 0 saturated carbocycles. The molecule has 88 valence electrons. The molecule has 0 radical (unpaired) electrons. The largest absolute Gasteiger partial charge is 0.386 e. The Bertz CT molecular complexity index is 293. The van der Waals surface area contributed by atoms with Gasteiger partial charge in [0.1, 0.15) is 6.10 Å². The van der Waals surface area contributed by atoms with Crippen LogP contribution < -0.4 is 0 Å². The van der Waals surface area contributed by atoms with Crippen molar-refractivity contribution < 1.29 is 14.6 Å². The third-order valence-electron chi connectivity index (χ3n) is 2.76. The lowest BCUT2D eigenvalue weighted by Crippen LogP contribution is -2.24. The van der Waals surface area contributed by atoms with Gasteiger partial charge in [0.05, 0.1) is 6.61 Å². The molecule has 1 fully saturated rings. The topological polar surface area (TPSA) is 38.7 Å². The van der Waals surface area contributed by atoms with E-state index in [1.807, 2.05) is 30.3 Å². The molecular weight excluding hydrogens is 204 g/mol. The molecule has 0 amide bonds. The molecule has 0 aliphatic carbocycles. The van der Waals surface area contributed by atoms with E-state index in [4.69, 9.17) is 9.47 Å². The smallest absolute Gasteiger partial charge is 0.157 e. The summed E-state index contributed by atoms with van der Waals surface area (Å²) in [7, 11) is 0. The molecule has 2 unspecified atom stereocenters. The maximum absolute atomic E-state index is 9.87. The zero-order valence-corrected chi connectivity index (χ0v) is 9.34. The number of benzene rings is 1. The summed E-state index contributed by atoms with van der Waals surface area (Å²) in [6.45, 7) is 1.07. The summed E-state index contributed by atoms with van der Waals surface area (Å²) in [5, 5.41) is 9.87. The highest BCUT2D eigenvalue weighted by molar-refractivity contribution is 5.17. The molecule has 16 heavy (non-hydrogen) atoms. The Morgan fingerprint density at radius 2 is 2.12 bits per heavy atom. The summed E-state index contributed by atoms with van der Waals surface area (Å²) in [4.78, 5) is 0. The standard InChI is InChI=1S/C13H18O3/c14-12(11-6-2-1-3-7-11)10-16-13-8-4-5-9-15-13/h1-3,6-7,12-14H,4-5,8-10H2. The van der Waals surface area contributed by atoms with Crippen molar-refractivity contribution >= 4 is 0 Å². The van der Waals surface area contributed by atoms with Gasteiger partial charge in [-0.05, 0) is 24.8 Å². The summed E-state index contributed by atoms with van der Waals surface area (Å²) >= 11 is 0. The summed E-state index contributed by atoms with van der Waals surface area (Å²) in [5.74, 6) is 0. The maximum atomic E-state index is 9.87. The number of hydrogen-bond donors (Lipinski definition) is 1. The fourth-order valence-electron chi connectivity index (χ4n) is 1.81. The van der Waals surface area contributed by atoms with Gasteiger partial charge in [-0.3, -0.25) is 0 Å². The molecule has 2 rings (SSSR count). The van der Waals surface area contributed by atoms with E-state index in [1.165, 1.54) is 0 Å². The first-order chi connectivity index (χ1) is 7.86. The molecular formula is C13H18O3. The Balaban J connectivity index is 1.77. The van der Waals surface area contributed by atoms with Crippen molar-refractivity contribution in [2.24, 2.45) is 0 Å². The third kappa shape index (κ3) is 3.30. The highest BCUT2D eigenvalue weighted by Crippen LogP contribution is 2.17. The number of rotatable bonds is 4. The van der Waals surface area contributed by atoms with Crippen LogP contribution in [0.2, 0.25) is 0 Å².